The van der Waals surface area contributed by atoms with Gasteiger partial charge >= 0.3 is 0 Å². The molecular weight excluding hydrogens is 280 g/mol. The van der Waals surface area contributed by atoms with Crippen molar-refractivity contribution in [3.05, 3.63) is 36.2 Å². The quantitative estimate of drug-likeness (QED) is 0.632. The summed E-state index contributed by atoms with van der Waals surface area (Å²) in [5.74, 6) is 0.456. The summed E-state index contributed by atoms with van der Waals surface area (Å²) in [6, 6.07) is 0. The predicted octanol–water partition coefficient (Wildman–Crippen LogP) is 6.12. The van der Waals surface area contributed by atoms with Crippen LogP contribution in [0.2, 0.25) is 0 Å². The molecule has 136 valence electrons. The van der Waals surface area contributed by atoms with Crippen LogP contribution >= 0.6 is 0 Å². The zero-order valence-corrected chi connectivity index (χ0v) is 17.1. The predicted molar refractivity (Wildman–Crippen MR) is 107 cm³/mol. The molecule has 1 aliphatic rings. The van der Waals surface area contributed by atoms with Crippen molar-refractivity contribution >= 4 is 0 Å². The molecule has 0 bridgehead atoms. The lowest BCUT2D eigenvalue weighted by molar-refractivity contribution is 0.266. The molecule has 1 heterocycles. The minimum atomic E-state index is 0.304. The first-order valence-electron chi connectivity index (χ1n) is 9.13. The molecule has 0 spiro atoms. The second kappa shape index (κ2) is 12.3. The molecule has 2 N–H and O–H groups in total. The molecular formula is C21H42N2. The smallest absolute Gasteiger partial charge is 0.0405 e. The van der Waals surface area contributed by atoms with E-state index in [1.54, 1.807) is 6.08 Å². The highest BCUT2D eigenvalue weighted by molar-refractivity contribution is 5.21. The largest absolute Gasteiger partial charge is 0.402 e. The van der Waals surface area contributed by atoms with Crippen LogP contribution in [0.1, 0.15) is 74.7 Å². The van der Waals surface area contributed by atoms with E-state index >= 15 is 0 Å². The molecule has 1 unspecified atom stereocenters. The number of hydrogen-bond donors (Lipinski definition) is 1. The Morgan fingerprint density at radius 3 is 2.22 bits per heavy atom. The Morgan fingerprint density at radius 2 is 1.83 bits per heavy atom. The molecule has 0 saturated heterocycles. The summed E-state index contributed by atoms with van der Waals surface area (Å²) in [5, 5.41) is 0. The van der Waals surface area contributed by atoms with Gasteiger partial charge in [0.2, 0.25) is 0 Å². The molecule has 0 fully saturated rings. The normalized spacial score (nSPS) is 17.6. The van der Waals surface area contributed by atoms with E-state index in [2.05, 4.69) is 52.7 Å². The van der Waals surface area contributed by atoms with Crippen LogP contribution in [0.5, 0.6) is 0 Å². The van der Waals surface area contributed by atoms with Crippen molar-refractivity contribution in [2.24, 2.45) is 17.1 Å². The maximum absolute atomic E-state index is 6.22. The molecule has 23 heavy (non-hydrogen) atoms. The second-order valence-corrected chi connectivity index (χ2v) is 7.30. The van der Waals surface area contributed by atoms with E-state index in [0.717, 1.165) is 31.6 Å². The Labute approximate surface area is 146 Å². The second-order valence-electron chi connectivity index (χ2n) is 7.30. The van der Waals surface area contributed by atoms with Crippen molar-refractivity contribution in [1.82, 2.24) is 4.90 Å². The topological polar surface area (TPSA) is 29.3 Å². The van der Waals surface area contributed by atoms with Gasteiger partial charge in [0.15, 0.2) is 0 Å². The third-order valence-electron chi connectivity index (χ3n) is 3.55. The Bertz CT molecular complexity index is 372. The highest BCUT2D eigenvalue weighted by atomic mass is 15.1. The van der Waals surface area contributed by atoms with Gasteiger partial charge < -0.3 is 10.6 Å². The first kappa shape index (κ1) is 24.1. The molecule has 2 nitrogen and oxygen atoms in total. The minimum Gasteiger partial charge on any atom is -0.402 e. The van der Waals surface area contributed by atoms with E-state index in [0.29, 0.717) is 11.3 Å². The monoisotopic (exact) mass is 322 g/mol. The van der Waals surface area contributed by atoms with Crippen LogP contribution in [0.4, 0.5) is 0 Å². The highest BCUT2D eigenvalue weighted by Crippen LogP contribution is 2.30. The van der Waals surface area contributed by atoms with Gasteiger partial charge in [-0.15, -0.1) is 6.58 Å². The summed E-state index contributed by atoms with van der Waals surface area (Å²) in [6.07, 6.45) is 5.09. The summed E-state index contributed by atoms with van der Waals surface area (Å²) >= 11 is 0. The van der Waals surface area contributed by atoms with Crippen LogP contribution in [0, 0.1) is 11.3 Å². The summed E-state index contributed by atoms with van der Waals surface area (Å²) in [6.45, 7) is 26.8. The van der Waals surface area contributed by atoms with Gasteiger partial charge in [-0.3, -0.25) is 0 Å². The van der Waals surface area contributed by atoms with Crippen molar-refractivity contribution in [3.63, 3.8) is 0 Å². The van der Waals surface area contributed by atoms with Crippen molar-refractivity contribution < 1.29 is 0 Å². The lowest BCUT2D eigenvalue weighted by Crippen LogP contribution is -2.38. The molecule has 0 saturated carbocycles. The maximum Gasteiger partial charge on any atom is 0.0405 e. The minimum absolute atomic E-state index is 0.304. The van der Waals surface area contributed by atoms with E-state index in [-0.39, 0.29) is 0 Å². The number of rotatable bonds is 4. The van der Waals surface area contributed by atoms with Gasteiger partial charge in [0.1, 0.15) is 0 Å². The van der Waals surface area contributed by atoms with Crippen molar-refractivity contribution in [1.29, 1.82) is 0 Å². The average molecular weight is 323 g/mol. The molecule has 0 aliphatic carbocycles. The van der Waals surface area contributed by atoms with Gasteiger partial charge in [-0.2, -0.15) is 0 Å². The molecule has 0 aromatic rings. The van der Waals surface area contributed by atoms with E-state index in [9.17, 15) is 0 Å². The summed E-state index contributed by atoms with van der Waals surface area (Å²) in [4.78, 5) is 2.43. The SMILES string of the molecule is C=C(CC(C)(C)C)N1CC(CCC)=C(N)C(C)C1.C=CC.CC. The zero-order chi connectivity index (χ0) is 18.6. The van der Waals surface area contributed by atoms with Gasteiger partial charge in [0.25, 0.3) is 0 Å². The van der Waals surface area contributed by atoms with Crippen LogP contribution in [0.15, 0.2) is 36.2 Å². The Hall–Kier alpha value is -1.18. The number of nitrogens with zero attached hydrogens (tertiary/aromatic N) is 1. The zero-order valence-electron chi connectivity index (χ0n) is 17.1. The fourth-order valence-corrected chi connectivity index (χ4v) is 2.65. The summed E-state index contributed by atoms with van der Waals surface area (Å²) < 4.78 is 0. The van der Waals surface area contributed by atoms with Gasteiger partial charge in [0, 0.05) is 30.4 Å². The summed E-state index contributed by atoms with van der Waals surface area (Å²) in [5.41, 5.74) is 10.3. The third-order valence-corrected chi connectivity index (χ3v) is 3.55. The Morgan fingerprint density at radius 1 is 1.35 bits per heavy atom. The first-order chi connectivity index (χ1) is 10.7. The highest BCUT2D eigenvalue weighted by Gasteiger charge is 2.25. The van der Waals surface area contributed by atoms with Gasteiger partial charge in [0.05, 0.1) is 0 Å². The molecule has 1 atom stereocenters. The van der Waals surface area contributed by atoms with Gasteiger partial charge in [-0.1, -0.05) is 67.5 Å². The van der Waals surface area contributed by atoms with E-state index in [1.807, 2.05) is 20.8 Å². The molecule has 0 aromatic carbocycles. The van der Waals surface area contributed by atoms with E-state index < -0.39 is 0 Å². The van der Waals surface area contributed by atoms with Crippen LogP contribution < -0.4 is 5.73 Å². The van der Waals surface area contributed by atoms with Crippen molar-refractivity contribution in [2.45, 2.75) is 74.7 Å². The fraction of sp³-hybridized carbons (Fsp3) is 0.714. The number of nitrogens with two attached hydrogens (primary N) is 1. The fourth-order valence-electron chi connectivity index (χ4n) is 2.65. The number of hydrogen-bond acceptors (Lipinski definition) is 2. The average Bonchev–Trinajstić information content (AvgIpc) is 2.45. The Balaban J connectivity index is 0. The van der Waals surface area contributed by atoms with Crippen LogP contribution in [0.3, 0.4) is 0 Å². The standard InChI is InChI=1S/C16H30N2.C3H6.C2H6/c1-7-8-14-11-18(10-12(2)15(14)17)13(3)9-16(4,5)6;1-3-2;1-2/h12H,3,7-11,17H2,1-2,4-6H3;3H,1H2,2H3;1-2H3. The molecule has 1 rings (SSSR count). The van der Waals surface area contributed by atoms with Crippen LogP contribution in [-0.4, -0.2) is 18.0 Å². The lowest BCUT2D eigenvalue weighted by atomic mass is 9.88. The maximum atomic E-state index is 6.22. The van der Waals surface area contributed by atoms with E-state index in [4.69, 9.17) is 5.73 Å². The molecule has 0 radical (unpaired) electrons. The Kier molecular flexibility index (Phi) is 12.8. The molecule has 0 amide bonds. The molecule has 2 heteroatoms. The molecule has 1 aliphatic heterocycles. The first-order valence-corrected chi connectivity index (χ1v) is 9.13. The van der Waals surface area contributed by atoms with Gasteiger partial charge in [-0.05, 0) is 30.8 Å². The van der Waals surface area contributed by atoms with Gasteiger partial charge in [-0.25, -0.2) is 0 Å². The summed E-state index contributed by atoms with van der Waals surface area (Å²) in [7, 11) is 0. The van der Waals surface area contributed by atoms with Crippen LogP contribution in [-0.2, 0) is 0 Å². The van der Waals surface area contributed by atoms with Crippen molar-refractivity contribution in [2.75, 3.05) is 13.1 Å². The van der Waals surface area contributed by atoms with Crippen molar-refractivity contribution in [3.8, 4) is 0 Å². The number of allylic oxidation sites excluding steroid dienone is 2. The third kappa shape index (κ3) is 10.3. The molecule has 0 aromatic heterocycles. The van der Waals surface area contributed by atoms with E-state index in [1.165, 1.54) is 17.7 Å². The lowest BCUT2D eigenvalue weighted by Gasteiger charge is -2.38. The van der Waals surface area contributed by atoms with Crippen LogP contribution in [0.25, 0.3) is 0 Å².